The lowest BCUT2D eigenvalue weighted by molar-refractivity contribution is -0.123. The van der Waals surface area contributed by atoms with Gasteiger partial charge in [-0.1, -0.05) is 36.4 Å². The van der Waals surface area contributed by atoms with Gasteiger partial charge in [-0.25, -0.2) is 9.18 Å². The van der Waals surface area contributed by atoms with Gasteiger partial charge in [0, 0.05) is 5.56 Å². The van der Waals surface area contributed by atoms with Crippen LogP contribution in [0.4, 0.5) is 9.18 Å². The number of halogens is 2. The Kier molecular flexibility index (Phi) is 6.52. The van der Waals surface area contributed by atoms with Crippen LogP contribution < -0.4 is 10.1 Å². The Morgan fingerprint density at radius 2 is 1.85 bits per heavy atom. The predicted molar refractivity (Wildman–Crippen MR) is 123 cm³/mol. The predicted octanol–water partition coefficient (Wildman–Crippen LogP) is 5.13. The number of rotatable bonds is 6. The van der Waals surface area contributed by atoms with Gasteiger partial charge in [-0.2, -0.15) is 5.26 Å². The highest BCUT2D eigenvalue weighted by Gasteiger charge is 2.33. The van der Waals surface area contributed by atoms with Gasteiger partial charge < -0.3 is 10.1 Å². The molecule has 33 heavy (non-hydrogen) atoms. The molecule has 1 saturated heterocycles. The lowest BCUT2D eigenvalue weighted by Crippen LogP contribution is -2.30. The largest absolute Gasteiger partial charge is 0.488 e. The Balaban J connectivity index is 1.46. The highest BCUT2D eigenvalue weighted by Crippen LogP contribution is 2.28. The summed E-state index contributed by atoms with van der Waals surface area (Å²) in [7, 11) is 0. The molecule has 3 aromatic rings. The van der Waals surface area contributed by atoms with E-state index < -0.39 is 11.9 Å². The molecule has 0 aliphatic carbocycles. The Bertz CT molecular complexity index is 1300. The van der Waals surface area contributed by atoms with Crippen LogP contribution in [-0.2, 0) is 17.9 Å². The first kappa shape index (κ1) is 22.2. The molecule has 0 bridgehead atoms. The van der Waals surface area contributed by atoms with Crippen molar-refractivity contribution in [1.29, 1.82) is 5.26 Å². The van der Waals surface area contributed by atoms with Gasteiger partial charge in [0.05, 0.1) is 22.7 Å². The topological polar surface area (TPSA) is 82.4 Å². The Morgan fingerprint density at radius 3 is 2.58 bits per heavy atom. The first-order valence-electron chi connectivity index (χ1n) is 9.94. The maximum atomic E-state index is 13.1. The van der Waals surface area contributed by atoms with Crippen molar-refractivity contribution in [2.45, 2.75) is 13.2 Å². The molecule has 164 valence electrons. The summed E-state index contributed by atoms with van der Waals surface area (Å²) in [4.78, 5) is 26.0. The summed E-state index contributed by atoms with van der Waals surface area (Å²) in [6.07, 6.45) is 1.57. The van der Waals surface area contributed by atoms with Crippen molar-refractivity contribution in [2.75, 3.05) is 0 Å². The number of imide groups is 1. The van der Waals surface area contributed by atoms with Crippen LogP contribution in [0.2, 0.25) is 0 Å². The SMILES string of the molecule is N#Cc1ccccc1COc1ccc(/C=C2/NC(=O)N(Cc3ccc(F)cc3)C2=O)cc1Br. The van der Waals surface area contributed by atoms with Crippen molar-refractivity contribution in [3.63, 3.8) is 0 Å². The van der Waals surface area contributed by atoms with E-state index in [1.807, 2.05) is 12.1 Å². The third-order valence-electron chi connectivity index (χ3n) is 5.00. The molecule has 1 fully saturated rings. The molecule has 1 heterocycles. The second kappa shape index (κ2) is 9.67. The number of carbonyl (C=O) groups is 2. The van der Waals surface area contributed by atoms with Gasteiger partial charge in [0.15, 0.2) is 0 Å². The van der Waals surface area contributed by atoms with Crippen molar-refractivity contribution >= 4 is 33.9 Å². The zero-order valence-corrected chi connectivity index (χ0v) is 18.8. The van der Waals surface area contributed by atoms with E-state index >= 15 is 0 Å². The third-order valence-corrected chi connectivity index (χ3v) is 5.62. The average molecular weight is 506 g/mol. The number of nitrogens with one attached hydrogen (secondary N) is 1. The smallest absolute Gasteiger partial charge is 0.329 e. The van der Waals surface area contributed by atoms with E-state index in [4.69, 9.17) is 4.74 Å². The highest BCUT2D eigenvalue weighted by molar-refractivity contribution is 9.10. The second-order valence-corrected chi connectivity index (χ2v) is 8.11. The second-order valence-electron chi connectivity index (χ2n) is 7.25. The van der Waals surface area contributed by atoms with Crippen LogP contribution in [0.15, 0.2) is 76.9 Å². The normalized spacial score (nSPS) is 14.3. The lowest BCUT2D eigenvalue weighted by Gasteiger charge is -2.11. The molecule has 1 N–H and O–H groups in total. The Morgan fingerprint density at radius 1 is 1.09 bits per heavy atom. The number of hydrogen-bond donors (Lipinski definition) is 1. The fraction of sp³-hybridized carbons (Fsp3) is 0.0800. The van der Waals surface area contributed by atoms with Crippen LogP contribution in [0.1, 0.15) is 22.3 Å². The van der Waals surface area contributed by atoms with Crippen LogP contribution in [0, 0.1) is 17.1 Å². The summed E-state index contributed by atoms with van der Waals surface area (Å²) < 4.78 is 19.6. The third kappa shape index (κ3) is 5.10. The minimum absolute atomic E-state index is 0.0446. The Hall–Kier alpha value is -3.96. The van der Waals surface area contributed by atoms with Gasteiger partial charge in [0.1, 0.15) is 23.9 Å². The molecule has 0 aromatic heterocycles. The zero-order valence-electron chi connectivity index (χ0n) is 17.2. The van der Waals surface area contributed by atoms with Gasteiger partial charge in [-0.15, -0.1) is 0 Å². The summed E-state index contributed by atoms with van der Waals surface area (Å²) in [6, 6.07) is 19.7. The van der Waals surface area contributed by atoms with Gasteiger partial charge in [-0.05, 0) is 63.5 Å². The van der Waals surface area contributed by atoms with Gasteiger partial charge in [0.2, 0.25) is 0 Å². The molecule has 1 aliphatic heterocycles. The average Bonchev–Trinajstić information content (AvgIpc) is 3.07. The molecule has 0 atom stereocenters. The van der Waals surface area contributed by atoms with Crippen molar-refractivity contribution in [3.8, 4) is 11.8 Å². The first-order valence-corrected chi connectivity index (χ1v) is 10.7. The monoisotopic (exact) mass is 505 g/mol. The quantitative estimate of drug-likeness (QED) is 0.371. The molecule has 6 nitrogen and oxygen atoms in total. The van der Waals surface area contributed by atoms with Crippen LogP contribution in [0.3, 0.4) is 0 Å². The maximum Gasteiger partial charge on any atom is 0.329 e. The van der Waals surface area contributed by atoms with E-state index in [9.17, 15) is 19.2 Å². The molecular formula is C25H17BrFN3O3. The summed E-state index contributed by atoms with van der Waals surface area (Å²) in [5.74, 6) is -0.276. The zero-order chi connectivity index (χ0) is 23.4. The van der Waals surface area contributed by atoms with Crippen LogP contribution in [0.5, 0.6) is 5.75 Å². The van der Waals surface area contributed by atoms with Crippen LogP contribution >= 0.6 is 15.9 Å². The molecule has 0 spiro atoms. The van der Waals surface area contributed by atoms with Crippen molar-refractivity contribution in [2.24, 2.45) is 0 Å². The number of amides is 3. The fourth-order valence-electron chi connectivity index (χ4n) is 3.29. The van der Waals surface area contributed by atoms with Crippen molar-refractivity contribution < 1.29 is 18.7 Å². The summed E-state index contributed by atoms with van der Waals surface area (Å²) in [5.41, 5.74) is 2.79. The highest BCUT2D eigenvalue weighted by atomic mass is 79.9. The molecule has 3 aromatic carbocycles. The van der Waals surface area contributed by atoms with Gasteiger partial charge >= 0.3 is 6.03 Å². The fourth-order valence-corrected chi connectivity index (χ4v) is 3.80. The minimum Gasteiger partial charge on any atom is -0.488 e. The van der Waals surface area contributed by atoms with E-state index in [0.717, 1.165) is 10.5 Å². The van der Waals surface area contributed by atoms with Crippen LogP contribution in [-0.4, -0.2) is 16.8 Å². The lowest BCUT2D eigenvalue weighted by atomic mass is 10.1. The van der Waals surface area contributed by atoms with E-state index in [0.29, 0.717) is 26.9 Å². The van der Waals surface area contributed by atoms with Gasteiger partial charge in [0.25, 0.3) is 5.91 Å². The number of nitrogens with zero attached hydrogens (tertiary/aromatic N) is 2. The minimum atomic E-state index is -0.536. The van der Waals surface area contributed by atoms with Gasteiger partial charge in [-0.3, -0.25) is 9.69 Å². The van der Waals surface area contributed by atoms with Crippen LogP contribution in [0.25, 0.3) is 6.08 Å². The number of carbonyl (C=O) groups excluding carboxylic acids is 2. The summed E-state index contributed by atoms with van der Waals surface area (Å²) in [5, 5.41) is 11.8. The number of nitriles is 1. The molecule has 0 unspecified atom stereocenters. The molecule has 3 amide bonds. The van der Waals surface area contributed by atoms with E-state index in [-0.39, 0.29) is 24.7 Å². The van der Waals surface area contributed by atoms with Crippen molar-refractivity contribution in [3.05, 3.63) is 105 Å². The summed E-state index contributed by atoms with van der Waals surface area (Å²) in [6.45, 7) is 0.276. The molecule has 0 radical (unpaired) electrons. The van der Waals surface area contributed by atoms with E-state index in [1.165, 1.54) is 24.3 Å². The molecular weight excluding hydrogens is 489 g/mol. The number of benzene rings is 3. The number of hydrogen-bond acceptors (Lipinski definition) is 4. The van der Waals surface area contributed by atoms with E-state index in [1.54, 1.807) is 36.4 Å². The Labute approximate surface area is 198 Å². The number of urea groups is 1. The maximum absolute atomic E-state index is 13.1. The molecule has 8 heteroatoms. The molecule has 0 saturated carbocycles. The first-order chi connectivity index (χ1) is 15.9. The molecule has 1 aliphatic rings. The van der Waals surface area contributed by atoms with E-state index in [2.05, 4.69) is 27.3 Å². The standard InChI is InChI=1S/C25H17BrFN3O3/c26-21-11-17(7-10-23(21)33-15-19-4-2-1-3-18(19)13-28)12-22-24(31)30(25(32)29-22)14-16-5-8-20(27)9-6-16/h1-12H,14-15H2,(H,29,32)/b22-12+. The number of ether oxygens (including phenoxy) is 1. The van der Waals surface area contributed by atoms with Crippen molar-refractivity contribution in [1.82, 2.24) is 10.2 Å². The molecule has 4 rings (SSSR count). The summed E-state index contributed by atoms with van der Waals surface area (Å²) >= 11 is 3.46.